The van der Waals surface area contributed by atoms with Gasteiger partial charge in [0.15, 0.2) is 0 Å². The van der Waals surface area contributed by atoms with Gasteiger partial charge in [-0.05, 0) is 35.4 Å². The lowest BCUT2D eigenvalue weighted by Gasteiger charge is -2.03. The molecule has 0 fully saturated rings. The van der Waals surface area contributed by atoms with Crippen LogP contribution < -0.4 is 5.11 Å². The summed E-state index contributed by atoms with van der Waals surface area (Å²) >= 11 is 6.10. The lowest BCUT2D eigenvalue weighted by Crippen LogP contribution is -2.21. The number of hydrogen-bond acceptors (Lipinski definition) is 6. The second-order valence-electron chi connectivity index (χ2n) is 5.66. The normalized spacial score (nSPS) is 11.1. The van der Waals surface area contributed by atoms with E-state index in [-0.39, 0.29) is 21.8 Å². The van der Waals surface area contributed by atoms with E-state index in [9.17, 15) is 25.3 Å². The molecule has 0 spiro atoms. The molecule has 28 heavy (non-hydrogen) atoms. The Morgan fingerprint density at radius 1 is 1.11 bits per heavy atom. The molecule has 8 heteroatoms. The van der Waals surface area contributed by atoms with Crippen LogP contribution in [0, 0.1) is 21.4 Å². The van der Waals surface area contributed by atoms with E-state index < -0.39 is 10.9 Å². The summed E-state index contributed by atoms with van der Waals surface area (Å²) in [7, 11) is 0. The molecule has 2 aromatic carbocycles. The van der Waals surface area contributed by atoms with Gasteiger partial charge in [-0.25, -0.2) is 0 Å². The summed E-state index contributed by atoms with van der Waals surface area (Å²) in [4.78, 5) is 21.1. The zero-order valence-corrected chi connectivity index (χ0v) is 14.8. The number of nitro groups is 1. The molecule has 0 aliphatic carbocycles. The Kier molecular flexibility index (Phi) is 5.25. The number of nitro benzene ring substituents is 1. The summed E-state index contributed by atoms with van der Waals surface area (Å²) in [5.74, 6) is -0.551. The number of carboxylic acids is 1. The molecule has 0 unspecified atom stereocenters. The van der Waals surface area contributed by atoms with Crippen LogP contribution in [0.5, 0.6) is 0 Å². The number of carbonyl (C=O) groups excluding carboxylic acids is 1. The van der Waals surface area contributed by atoms with Crippen LogP contribution in [-0.2, 0) is 0 Å². The Balaban J connectivity index is 1.91. The Bertz CT molecular complexity index is 1140. The smallest absolute Gasteiger partial charge is 0.270 e. The van der Waals surface area contributed by atoms with Crippen LogP contribution in [-0.4, -0.2) is 10.9 Å². The van der Waals surface area contributed by atoms with E-state index in [4.69, 9.17) is 16.0 Å². The molecular formula is C20H10ClN2O5-. The zero-order chi connectivity index (χ0) is 20.3. The first-order chi connectivity index (χ1) is 13.4. The molecule has 3 rings (SSSR count). The van der Waals surface area contributed by atoms with Crippen molar-refractivity contribution in [3.05, 3.63) is 86.6 Å². The molecule has 1 aromatic heterocycles. The lowest BCUT2D eigenvalue weighted by molar-refractivity contribution is -0.384. The van der Waals surface area contributed by atoms with Crippen molar-refractivity contribution in [2.24, 2.45) is 0 Å². The van der Waals surface area contributed by atoms with Crippen molar-refractivity contribution in [2.45, 2.75) is 0 Å². The molecule has 0 amide bonds. The third-order valence-corrected chi connectivity index (χ3v) is 4.21. The number of aromatic carboxylic acids is 1. The maximum absolute atomic E-state index is 10.8. The van der Waals surface area contributed by atoms with Crippen LogP contribution >= 0.6 is 11.6 Å². The fourth-order valence-corrected chi connectivity index (χ4v) is 2.77. The van der Waals surface area contributed by atoms with Crippen molar-refractivity contribution >= 4 is 34.9 Å². The van der Waals surface area contributed by atoms with Gasteiger partial charge in [-0.2, -0.15) is 5.26 Å². The number of non-ortho nitro benzene ring substituents is 1. The number of carboxylic acid groups (broad SMARTS) is 1. The maximum atomic E-state index is 10.8. The number of benzene rings is 2. The highest BCUT2D eigenvalue weighted by atomic mass is 35.5. The topological polar surface area (TPSA) is 120 Å². The molecule has 0 atom stereocenters. The van der Waals surface area contributed by atoms with Crippen LogP contribution in [0.4, 0.5) is 5.69 Å². The molecule has 3 aromatic rings. The van der Waals surface area contributed by atoms with Crippen LogP contribution in [0.25, 0.3) is 23.0 Å². The van der Waals surface area contributed by atoms with Crippen molar-refractivity contribution in [1.82, 2.24) is 0 Å². The number of carbonyl (C=O) groups is 1. The van der Waals surface area contributed by atoms with Gasteiger partial charge in [0.25, 0.3) is 5.69 Å². The number of hydrogen-bond donors (Lipinski definition) is 0. The van der Waals surface area contributed by atoms with Crippen molar-refractivity contribution in [2.75, 3.05) is 0 Å². The van der Waals surface area contributed by atoms with Gasteiger partial charge in [0.2, 0.25) is 0 Å². The summed E-state index contributed by atoms with van der Waals surface area (Å²) in [6.45, 7) is 0. The molecule has 1 heterocycles. The van der Waals surface area contributed by atoms with Gasteiger partial charge < -0.3 is 14.3 Å². The number of nitriles is 1. The van der Waals surface area contributed by atoms with E-state index in [1.54, 1.807) is 12.1 Å². The Morgan fingerprint density at radius 2 is 1.79 bits per heavy atom. The third-order valence-electron chi connectivity index (χ3n) is 3.89. The largest absolute Gasteiger partial charge is 0.545 e. The van der Waals surface area contributed by atoms with Gasteiger partial charge in [0.1, 0.15) is 11.5 Å². The van der Waals surface area contributed by atoms with Gasteiger partial charge in [-0.1, -0.05) is 35.9 Å². The molecule has 0 saturated heterocycles. The zero-order valence-electron chi connectivity index (χ0n) is 14.1. The molecule has 138 valence electrons. The number of rotatable bonds is 5. The predicted octanol–water partition coefficient (Wildman–Crippen LogP) is 3.94. The summed E-state index contributed by atoms with van der Waals surface area (Å²) < 4.78 is 5.68. The second kappa shape index (κ2) is 7.78. The fourth-order valence-electron chi connectivity index (χ4n) is 2.50. The molecule has 0 aliphatic rings. The van der Waals surface area contributed by atoms with Crippen LogP contribution in [0.3, 0.4) is 0 Å². The lowest BCUT2D eigenvalue weighted by atomic mass is 10.0. The number of nitrogens with zero attached hydrogens (tertiary/aromatic N) is 2. The van der Waals surface area contributed by atoms with E-state index >= 15 is 0 Å². The minimum atomic E-state index is -1.30. The number of halogens is 1. The van der Waals surface area contributed by atoms with Crippen molar-refractivity contribution in [3.63, 3.8) is 0 Å². The average molecular weight is 394 g/mol. The van der Waals surface area contributed by atoms with E-state index in [2.05, 4.69) is 0 Å². The molecule has 0 saturated carbocycles. The highest BCUT2D eigenvalue weighted by Crippen LogP contribution is 2.33. The molecular weight excluding hydrogens is 384 g/mol. The van der Waals surface area contributed by atoms with E-state index in [0.717, 1.165) is 0 Å². The SMILES string of the molecule is N#C/C(=C/c1ccc(-c2ccc([N+](=O)[O-])cc2Cl)o1)c1ccc(C(=O)[O-])cc1. The van der Waals surface area contributed by atoms with Gasteiger partial charge >= 0.3 is 0 Å². The van der Waals surface area contributed by atoms with Gasteiger partial charge in [0.05, 0.1) is 27.6 Å². The predicted molar refractivity (Wildman–Crippen MR) is 100 cm³/mol. The highest BCUT2D eigenvalue weighted by Gasteiger charge is 2.13. The molecule has 0 N–H and O–H groups in total. The second-order valence-corrected chi connectivity index (χ2v) is 6.07. The molecule has 0 aliphatic heterocycles. The van der Waals surface area contributed by atoms with Gasteiger partial charge in [0, 0.05) is 17.7 Å². The van der Waals surface area contributed by atoms with Crippen LogP contribution in [0.2, 0.25) is 5.02 Å². The monoisotopic (exact) mass is 393 g/mol. The minimum Gasteiger partial charge on any atom is -0.545 e. The Labute approximate surface area is 163 Å². The standard InChI is InChI=1S/C20H11ClN2O5/c21-18-10-15(23(26)27)5-7-17(18)19-8-6-16(28-19)9-14(11-22)12-1-3-13(4-2-12)20(24)25/h1-10H,(H,24,25)/p-1/b14-9-. The van der Waals surface area contributed by atoms with Gasteiger partial charge in [-0.3, -0.25) is 10.1 Å². The number of allylic oxidation sites excluding steroid dienone is 1. The van der Waals surface area contributed by atoms with Crippen molar-refractivity contribution < 1.29 is 19.2 Å². The minimum absolute atomic E-state index is 0.00846. The van der Waals surface area contributed by atoms with Crippen LogP contribution in [0.15, 0.2) is 59.0 Å². The maximum Gasteiger partial charge on any atom is 0.270 e. The Hall–Kier alpha value is -3.89. The molecule has 7 nitrogen and oxygen atoms in total. The number of furan rings is 1. The first kappa shape index (κ1) is 18.9. The van der Waals surface area contributed by atoms with Crippen molar-refractivity contribution in [1.29, 1.82) is 5.26 Å². The first-order valence-corrected chi connectivity index (χ1v) is 8.24. The highest BCUT2D eigenvalue weighted by molar-refractivity contribution is 6.33. The summed E-state index contributed by atoms with van der Waals surface area (Å²) in [6.07, 6.45) is 1.50. The third kappa shape index (κ3) is 3.92. The first-order valence-electron chi connectivity index (χ1n) is 7.87. The summed E-state index contributed by atoms with van der Waals surface area (Å²) in [5.41, 5.74) is 1.13. The summed E-state index contributed by atoms with van der Waals surface area (Å²) in [6, 6.07) is 15.0. The fraction of sp³-hybridized carbons (Fsp3) is 0. The summed E-state index contributed by atoms with van der Waals surface area (Å²) in [5, 5.41) is 31.2. The van der Waals surface area contributed by atoms with Crippen LogP contribution in [0.1, 0.15) is 21.7 Å². The van der Waals surface area contributed by atoms with E-state index in [1.165, 1.54) is 48.5 Å². The van der Waals surface area contributed by atoms with Crippen molar-refractivity contribution in [3.8, 4) is 17.4 Å². The van der Waals surface area contributed by atoms with Gasteiger partial charge in [-0.15, -0.1) is 0 Å². The molecule has 0 bridgehead atoms. The Morgan fingerprint density at radius 3 is 2.36 bits per heavy atom. The van der Waals surface area contributed by atoms with E-state index in [0.29, 0.717) is 22.6 Å². The quantitative estimate of drug-likeness (QED) is 0.368. The van der Waals surface area contributed by atoms with E-state index in [1.807, 2.05) is 6.07 Å². The average Bonchev–Trinajstić information content (AvgIpc) is 3.14. The molecule has 0 radical (unpaired) electrons.